The number of ether oxygens (including phenoxy) is 1. The Kier molecular flexibility index (Phi) is 7.00. The summed E-state index contributed by atoms with van der Waals surface area (Å²) < 4.78 is 7.22. The summed E-state index contributed by atoms with van der Waals surface area (Å²) in [4.78, 5) is 24.4. The van der Waals surface area contributed by atoms with Crippen LogP contribution in [0.1, 0.15) is 30.1 Å². The summed E-state index contributed by atoms with van der Waals surface area (Å²) in [5, 5.41) is 9.86. The number of para-hydroxylation sites is 1. The van der Waals surface area contributed by atoms with Crippen molar-refractivity contribution in [2.24, 2.45) is 0 Å². The molecule has 0 spiro atoms. The Hall–Kier alpha value is -3.61. The van der Waals surface area contributed by atoms with Gasteiger partial charge in [-0.2, -0.15) is 5.10 Å². The number of anilines is 1. The van der Waals surface area contributed by atoms with Gasteiger partial charge in [-0.05, 0) is 55.8 Å². The van der Waals surface area contributed by atoms with Crippen molar-refractivity contribution in [2.45, 2.75) is 19.8 Å². The van der Waals surface area contributed by atoms with Gasteiger partial charge < -0.3 is 15.4 Å². The van der Waals surface area contributed by atoms with Crippen LogP contribution in [0.4, 0.5) is 5.69 Å². The molecule has 1 heterocycles. The number of rotatable bonds is 9. The van der Waals surface area contributed by atoms with Crippen molar-refractivity contribution in [2.75, 3.05) is 18.5 Å². The molecule has 0 radical (unpaired) electrons. The first kappa shape index (κ1) is 20.1. The Morgan fingerprint density at radius 1 is 1.07 bits per heavy atom. The van der Waals surface area contributed by atoms with Gasteiger partial charge in [-0.15, -0.1) is 0 Å². The van der Waals surface area contributed by atoms with E-state index in [0.717, 1.165) is 11.4 Å². The Bertz CT molecular complexity index is 937. The molecule has 0 unspecified atom stereocenters. The summed E-state index contributed by atoms with van der Waals surface area (Å²) in [6, 6.07) is 16.4. The van der Waals surface area contributed by atoms with Crippen molar-refractivity contribution in [3.63, 3.8) is 0 Å². The minimum absolute atomic E-state index is 0.0965. The number of aromatic nitrogens is 2. The highest BCUT2D eigenvalue weighted by Gasteiger charge is 2.11. The van der Waals surface area contributed by atoms with Crippen molar-refractivity contribution in [1.29, 1.82) is 0 Å². The Morgan fingerprint density at radius 2 is 1.86 bits per heavy atom. The first-order valence-electron chi connectivity index (χ1n) is 9.57. The summed E-state index contributed by atoms with van der Waals surface area (Å²) in [5.41, 5.74) is 2.14. The molecule has 0 saturated carbocycles. The van der Waals surface area contributed by atoms with Crippen molar-refractivity contribution < 1.29 is 14.3 Å². The molecule has 0 aliphatic heterocycles. The van der Waals surface area contributed by atoms with Crippen LogP contribution in [0, 0.1) is 0 Å². The number of hydrogen-bond acceptors (Lipinski definition) is 4. The second-order valence-electron chi connectivity index (χ2n) is 6.33. The zero-order valence-corrected chi connectivity index (χ0v) is 16.3. The first-order chi connectivity index (χ1) is 14.2. The third kappa shape index (κ3) is 5.68. The highest BCUT2D eigenvalue weighted by molar-refractivity contribution is 5.97. The van der Waals surface area contributed by atoms with Crippen LogP contribution in [-0.4, -0.2) is 34.7 Å². The van der Waals surface area contributed by atoms with Crippen LogP contribution < -0.4 is 15.4 Å². The number of amides is 2. The Morgan fingerprint density at radius 3 is 2.59 bits per heavy atom. The number of nitrogens with one attached hydrogen (secondary N) is 2. The molecule has 3 aromatic rings. The van der Waals surface area contributed by atoms with Crippen LogP contribution in [0.2, 0.25) is 0 Å². The van der Waals surface area contributed by atoms with Gasteiger partial charge in [0.15, 0.2) is 0 Å². The van der Waals surface area contributed by atoms with Crippen molar-refractivity contribution >= 4 is 17.5 Å². The zero-order chi connectivity index (χ0) is 20.5. The van der Waals surface area contributed by atoms with Crippen molar-refractivity contribution in [3.8, 4) is 11.4 Å². The van der Waals surface area contributed by atoms with E-state index in [9.17, 15) is 9.59 Å². The lowest BCUT2D eigenvalue weighted by Gasteiger charge is -2.10. The van der Waals surface area contributed by atoms with E-state index in [-0.39, 0.29) is 11.8 Å². The summed E-state index contributed by atoms with van der Waals surface area (Å²) in [7, 11) is 0. The van der Waals surface area contributed by atoms with Gasteiger partial charge in [0, 0.05) is 31.0 Å². The van der Waals surface area contributed by atoms with E-state index in [2.05, 4.69) is 15.7 Å². The maximum atomic E-state index is 12.3. The predicted molar refractivity (Wildman–Crippen MR) is 111 cm³/mol. The van der Waals surface area contributed by atoms with Gasteiger partial charge in [-0.1, -0.05) is 12.1 Å². The van der Waals surface area contributed by atoms with Crippen LogP contribution in [0.25, 0.3) is 5.69 Å². The lowest BCUT2D eigenvalue weighted by molar-refractivity contribution is -0.116. The topological polar surface area (TPSA) is 85.2 Å². The maximum Gasteiger partial charge on any atom is 0.255 e. The lowest BCUT2D eigenvalue weighted by Crippen LogP contribution is -2.26. The number of benzene rings is 2. The molecule has 2 amide bonds. The molecule has 3 rings (SSSR count). The van der Waals surface area contributed by atoms with E-state index in [0.29, 0.717) is 37.3 Å². The molecule has 29 heavy (non-hydrogen) atoms. The predicted octanol–water partition coefficient (Wildman–Crippen LogP) is 3.42. The molecule has 0 saturated heterocycles. The second-order valence-corrected chi connectivity index (χ2v) is 6.33. The molecular weight excluding hydrogens is 368 g/mol. The smallest absolute Gasteiger partial charge is 0.255 e. The van der Waals surface area contributed by atoms with E-state index in [1.54, 1.807) is 29.1 Å². The number of nitrogens with zero attached hydrogens (tertiary/aromatic N) is 2. The largest absolute Gasteiger partial charge is 0.493 e. The van der Waals surface area contributed by atoms with E-state index in [1.807, 2.05) is 49.5 Å². The molecule has 0 atom stereocenters. The van der Waals surface area contributed by atoms with Gasteiger partial charge in [0.05, 0.1) is 17.9 Å². The molecule has 1 aromatic heterocycles. The fourth-order valence-electron chi connectivity index (χ4n) is 2.82. The van der Waals surface area contributed by atoms with Gasteiger partial charge in [-0.25, -0.2) is 4.68 Å². The number of carbonyl (C=O) groups excluding carboxylic acids is 2. The van der Waals surface area contributed by atoms with Gasteiger partial charge in [0.2, 0.25) is 5.91 Å². The average molecular weight is 392 g/mol. The van der Waals surface area contributed by atoms with Crippen LogP contribution in [0.3, 0.4) is 0 Å². The number of carbonyl (C=O) groups is 2. The summed E-state index contributed by atoms with van der Waals surface area (Å²) in [6.45, 7) is 2.77. The fourth-order valence-corrected chi connectivity index (χ4v) is 2.82. The van der Waals surface area contributed by atoms with Gasteiger partial charge in [0.1, 0.15) is 5.75 Å². The van der Waals surface area contributed by atoms with Gasteiger partial charge in [0.25, 0.3) is 5.91 Å². The highest BCUT2D eigenvalue weighted by atomic mass is 16.5. The summed E-state index contributed by atoms with van der Waals surface area (Å²) in [5.74, 6) is 0.258. The molecule has 2 aromatic carbocycles. The second kappa shape index (κ2) is 10.1. The minimum Gasteiger partial charge on any atom is -0.493 e. The lowest BCUT2D eigenvalue weighted by atomic mass is 10.2. The average Bonchev–Trinajstić information content (AvgIpc) is 3.27. The normalized spacial score (nSPS) is 10.4. The molecule has 2 N–H and O–H groups in total. The van der Waals surface area contributed by atoms with E-state index < -0.39 is 0 Å². The third-order valence-corrected chi connectivity index (χ3v) is 4.22. The van der Waals surface area contributed by atoms with Gasteiger partial charge in [-0.3, -0.25) is 9.59 Å². The zero-order valence-electron chi connectivity index (χ0n) is 16.3. The standard InChI is InChI=1S/C22H24N4O3/c1-2-29-20-8-4-3-7-19(20)22(28)23-14-5-9-21(27)25-17-10-12-18(13-11-17)26-16-6-15-24-26/h3-4,6-8,10-13,15-16H,2,5,9,14H2,1H3,(H,23,28)(H,25,27). The number of hydrogen-bond donors (Lipinski definition) is 2. The monoisotopic (exact) mass is 392 g/mol. The first-order valence-corrected chi connectivity index (χ1v) is 9.57. The molecule has 0 aliphatic carbocycles. The minimum atomic E-state index is -0.205. The molecular formula is C22H24N4O3. The van der Waals surface area contributed by atoms with Crippen LogP contribution in [0.5, 0.6) is 5.75 Å². The fraction of sp³-hybridized carbons (Fsp3) is 0.227. The van der Waals surface area contributed by atoms with Crippen LogP contribution in [-0.2, 0) is 4.79 Å². The molecule has 0 bridgehead atoms. The molecule has 7 heteroatoms. The SMILES string of the molecule is CCOc1ccccc1C(=O)NCCCC(=O)Nc1ccc(-n2cccn2)cc1. The Labute approximate surface area is 169 Å². The van der Waals surface area contributed by atoms with Crippen LogP contribution in [0.15, 0.2) is 67.0 Å². The van der Waals surface area contributed by atoms with E-state index in [1.165, 1.54) is 0 Å². The quantitative estimate of drug-likeness (QED) is 0.547. The van der Waals surface area contributed by atoms with E-state index >= 15 is 0 Å². The van der Waals surface area contributed by atoms with Crippen molar-refractivity contribution in [1.82, 2.24) is 15.1 Å². The van der Waals surface area contributed by atoms with Crippen LogP contribution >= 0.6 is 0 Å². The van der Waals surface area contributed by atoms with E-state index in [4.69, 9.17) is 4.74 Å². The molecule has 0 fully saturated rings. The summed E-state index contributed by atoms with van der Waals surface area (Å²) >= 11 is 0. The summed E-state index contributed by atoms with van der Waals surface area (Å²) in [6.07, 6.45) is 4.42. The third-order valence-electron chi connectivity index (χ3n) is 4.22. The highest BCUT2D eigenvalue weighted by Crippen LogP contribution is 2.17. The maximum absolute atomic E-state index is 12.3. The van der Waals surface area contributed by atoms with Crippen molar-refractivity contribution in [3.05, 3.63) is 72.6 Å². The van der Waals surface area contributed by atoms with Gasteiger partial charge >= 0.3 is 0 Å². The molecule has 150 valence electrons. The molecule has 0 aliphatic rings. The Balaban J connectivity index is 1.41. The molecule has 7 nitrogen and oxygen atoms in total.